The molecule has 2 fully saturated rings. The molecular weight excluding hydrogens is 172 g/mol. The maximum absolute atomic E-state index is 3.45. The van der Waals surface area contributed by atoms with Gasteiger partial charge >= 0.3 is 0 Å². The fourth-order valence-electron chi connectivity index (χ4n) is 3.22. The van der Waals surface area contributed by atoms with Crippen LogP contribution in [0.4, 0.5) is 0 Å². The second-order valence-electron chi connectivity index (χ2n) is 4.93. The van der Waals surface area contributed by atoms with Crippen molar-refractivity contribution in [2.24, 2.45) is 0 Å². The Balaban J connectivity index is 1.89. The van der Waals surface area contributed by atoms with Gasteiger partial charge in [-0.3, -0.25) is 4.90 Å². The minimum Gasteiger partial charge on any atom is -0.317 e. The average Bonchev–Trinajstić information content (AvgIpc) is 2.46. The lowest BCUT2D eigenvalue weighted by Gasteiger charge is -2.38. The van der Waals surface area contributed by atoms with Crippen LogP contribution >= 0.6 is 0 Å². The van der Waals surface area contributed by atoms with Gasteiger partial charge in [0.15, 0.2) is 0 Å². The van der Waals surface area contributed by atoms with Crippen LogP contribution in [0.2, 0.25) is 0 Å². The summed E-state index contributed by atoms with van der Waals surface area (Å²) in [6.07, 6.45) is 8.40. The van der Waals surface area contributed by atoms with Crippen molar-refractivity contribution in [1.82, 2.24) is 10.2 Å². The third-order valence-corrected chi connectivity index (χ3v) is 4.06. The molecule has 0 spiro atoms. The highest BCUT2D eigenvalue weighted by molar-refractivity contribution is 4.96. The summed E-state index contributed by atoms with van der Waals surface area (Å²) >= 11 is 0. The molecule has 0 saturated carbocycles. The van der Waals surface area contributed by atoms with E-state index in [4.69, 9.17) is 0 Å². The molecule has 0 amide bonds. The number of rotatable bonds is 4. The summed E-state index contributed by atoms with van der Waals surface area (Å²) in [5.41, 5.74) is 0. The van der Waals surface area contributed by atoms with Crippen LogP contribution in [0.15, 0.2) is 0 Å². The van der Waals surface area contributed by atoms with Crippen molar-refractivity contribution in [3.63, 3.8) is 0 Å². The molecule has 0 radical (unpaired) electrons. The van der Waals surface area contributed by atoms with Gasteiger partial charge in [-0.2, -0.15) is 0 Å². The van der Waals surface area contributed by atoms with Gasteiger partial charge in [0.05, 0.1) is 0 Å². The normalized spacial score (nSPS) is 37.7. The Labute approximate surface area is 88.1 Å². The summed E-state index contributed by atoms with van der Waals surface area (Å²) in [6.45, 7) is 3.64. The van der Waals surface area contributed by atoms with E-state index in [9.17, 15) is 0 Å². The molecule has 0 aromatic rings. The van der Waals surface area contributed by atoms with Crippen molar-refractivity contribution in [1.29, 1.82) is 0 Å². The Bertz CT molecular complexity index is 167. The van der Waals surface area contributed by atoms with Crippen LogP contribution in [0, 0.1) is 0 Å². The predicted octanol–water partition coefficient (Wildman–Crippen LogP) is 2.00. The smallest absolute Gasteiger partial charge is 0.0114 e. The Morgan fingerprint density at radius 1 is 1.21 bits per heavy atom. The molecule has 2 unspecified atom stereocenters. The zero-order valence-corrected chi connectivity index (χ0v) is 9.63. The fourth-order valence-corrected chi connectivity index (χ4v) is 3.22. The third kappa shape index (κ3) is 1.96. The SMILES string of the molecule is CCCCN1C2CCC1CC(NC)C2. The summed E-state index contributed by atoms with van der Waals surface area (Å²) in [7, 11) is 2.12. The fraction of sp³-hybridized carbons (Fsp3) is 1.00. The summed E-state index contributed by atoms with van der Waals surface area (Å²) < 4.78 is 0. The lowest BCUT2D eigenvalue weighted by Crippen LogP contribution is -2.48. The molecule has 2 heterocycles. The lowest BCUT2D eigenvalue weighted by molar-refractivity contribution is 0.118. The van der Waals surface area contributed by atoms with Gasteiger partial charge in [0, 0.05) is 18.1 Å². The van der Waals surface area contributed by atoms with Crippen molar-refractivity contribution in [2.75, 3.05) is 13.6 Å². The minimum atomic E-state index is 0.797. The highest BCUT2D eigenvalue weighted by atomic mass is 15.2. The Hall–Kier alpha value is -0.0800. The molecule has 2 aliphatic rings. The van der Waals surface area contributed by atoms with Crippen molar-refractivity contribution < 1.29 is 0 Å². The second-order valence-corrected chi connectivity index (χ2v) is 4.93. The maximum Gasteiger partial charge on any atom is 0.0114 e. The van der Waals surface area contributed by atoms with Crippen molar-refractivity contribution in [3.8, 4) is 0 Å². The first-order chi connectivity index (χ1) is 6.85. The zero-order valence-electron chi connectivity index (χ0n) is 9.63. The molecule has 2 atom stereocenters. The summed E-state index contributed by atoms with van der Waals surface area (Å²) in [5.74, 6) is 0. The van der Waals surface area contributed by atoms with Crippen molar-refractivity contribution in [2.45, 2.75) is 63.6 Å². The van der Waals surface area contributed by atoms with Crippen LogP contribution in [-0.4, -0.2) is 36.6 Å². The third-order valence-electron chi connectivity index (χ3n) is 4.06. The highest BCUT2D eigenvalue weighted by Crippen LogP contribution is 2.35. The molecule has 0 aromatic carbocycles. The van der Waals surface area contributed by atoms with Gasteiger partial charge in [-0.1, -0.05) is 13.3 Å². The molecular formula is C12H24N2. The number of nitrogens with one attached hydrogen (secondary N) is 1. The van der Waals surface area contributed by atoms with Crippen LogP contribution in [0.5, 0.6) is 0 Å². The van der Waals surface area contributed by atoms with E-state index in [0.717, 1.165) is 18.1 Å². The van der Waals surface area contributed by atoms with E-state index in [1.807, 2.05) is 0 Å². The van der Waals surface area contributed by atoms with E-state index in [1.54, 1.807) is 0 Å². The molecule has 2 bridgehead atoms. The van der Waals surface area contributed by atoms with Gasteiger partial charge in [-0.15, -0.1) is 0 Å². The molecule has 0 aliphatic carbocycles. The molecule has 2 heteroatoms. The first kappa shape index (κ1) is 10.4. The van der Waals surface area contributed by atoms with Crippen LogP contribution in [0.3, 0.4) is 0 Å². The van der Waals surface area contributed by atoms with Crippen LogP contribution in [0.25, 0.3) is 0 Å². The van der Waals surface area contributed by atoms with Crippen LogP contribution in [0.1, 0.15) is 45.4 Å². The molecule has 82 valence electrons. The van der Waals surface area contributed by atoms with Gasteiger partial charge in [0.1, 0.15) is 0 Å². The van der Waals surface area contributed by atoms with Gasteiger partial charge in [0.2, 0.25) is 0 Å². The molecule has 2 nitrogen and oxygen atoms in total. The Morgan fingerprint density at radius 3 is 2.36 bits per heavy atom. The Kier molecular flexibility index (Phi) is 3.45. The summed E-state index contributed by atoms with van der Waals surface area (Å²) in [4.78, 5) is 2.79. The number of fused-ring (bicyclic) bond motifs is 2. The van der Waals surface area contributed by atoms with E-state index in [2.05, 4.69) is 24.2 Å². The van der Waals surface area contributed by atoms with Gasteiger partial charge in [-0.05, 0) is 45.7 Å². The predicted molar refractivity (Wildman–Crippen MR) is 60.5 cm³/mol. The molecule has 2 aliphatic heterocycles. The number of nitrogens with zero attached hydrogens (tertiary/aromatic N) is 1. The van der Waals surface area contributed by atoms with Crippen molar-refractivity contribution >= 4 is 0 Å². The molecule has 2 rings (SSSR count). The first-order valence-electron chi connectivity index (χ1n) is 6.28. The first-order valence-corrected chi connectivity index (χ1v) is 6.28. The van der Waals surface area contributed by atoms with E-state index in [-0.39, 0.29) is 0 Å². The van der Waals surface area contributed by atoms with E-state index in [1.165, 1.54) is 45.1 Å². The number of piperidine rings is 1. The minimum absolute atomic E-state index is 0.797. The van der Waals surface area contributed by atoms with E-state index in [0.29, 0.717) is 0 Å². The molecule has 14 heavy (non-hydrogen) atoms. The van der Waals surface area contributed by atoms with E-state index >= 15 is 0 Å². The van der Waals surface area contributed by atoms with Gasteiger partial charge in [0.25, 0.3) is 0 Å². The molecule has 1 N–H and O–H groups in total. The largest absolute Gasteiger partial charge is 0.317 e. The molecule has 2 saturated heterocycles. The number of hydrogen-bond acceptors (Lipinski definition) is 2. The Morgan fingerprint density at radius 2 is 1.86 bits per heavy atom. The average molecular weight is 196 g/mol. The van der Waals surface area contributed by atoms with Gasteiger partial charge < -0.3 is 5.32 Å². The standard InChI is InChI=1S/C12H24N2/c1-3-4-7-14-11-5-6-12(14)9-10(8-11)13-2/h10-13H,3-9H2,1-2H3. The number of hydrogen-bond donors (Lipinski definition) is 1. The summed E-state index contributed by atoms with van der Waals surface area (Å²) in [5, 5.41) is 3.45. The van der Waals surface area contributed by atoms with Crippen LogP contribution < -0.4 is 5.32 Å². The second kappa shape index (κ2) is 4.63. The lowest BCUT2D eigenvalue weighted by atomic mass is 9.97. The quantitative estimate of drug-likeness (QED) is 0.740. The summed E-state index contributed by atoms with van der Waals surface area (Å²) in [6, 6.07) is 2.60. The van der Waals surface area contributed by atoms with Gasteiger partial charge in [-0.25, -0.2) is 0 Å². The van der Waals surface area contributed by atoms with Crippen molar-refractivity contribution in [3.05, 3.63) is 0 Å². The number of unbranched alkanes of at least 4 members (excludes halogenated alkanes) is 1. The topological polar surface area (TPSA) is 15.3 Å². The zero-order chi connectivity index (χ0) is 9.97. The van der Waals surface area contributed by atoms with Crippen LogP contribution in [-0.2, 0) is 0 Å². The maximum atomic E-state index is 3.45. The van der Waals surface area contributed by atoms with E-state index < -0.39 is 0 Å². The monoisotopic (exact) mass is 196 g/mol. The molecule has 0 aromatic heterocycles. The highest BCUT2D eigenvalue weighted by Gasteiger charge is 2.39.